The lowest BCUT2D eigenvalue weighted by Gasteiger charge is -2.11. The topological polar surface area (TPSA) is 43.1 Å². The van der Waals surface area contributed by atoms with Crippen molar-refractivity contribution in [2.75, 3.05) is 0 Å². The summed E-state index contributed by atoms with van der Waals surface area (Å²) in [5.74, 6) is -0.122. The Kier molecular flexibility index (Phi) is 4.88. The predicted octanol–water partition coefficient (Wildman–Crippen LogP) is 2.52. The van der Waals surface area contributed by atoms with Crippen LogP contribution in [0.15, 0.2) is 30.3 Å². The fraction of sp³-hybridized carbons (Fsp3) is 0.462. The van der Waals surface area contributed by atoms with Crippen LogP contribution in [0.4, 0.5) is 0 Å². The molecule has 0 saturated carbocycles. The monoisotopic (exact) mass is 205 g/mol. The quantitative estimate of drug-likeness (QED) is 0.762. The van der Waals surface area contributed by atoms with Crippen molar-refractivity contribution in [2.45, 2.75) is 32.6 Å². The minimum absolute atomic E-state index is 0.0372. The van der Waals surface area contributed by atoms with Crippen molar-refractivity contribution < 1.29 is 4.79 Å². The van der Waals surface area contributed by atoms with Gasteiger partial charge < -0.3 is 5.73 Å². The Morgan fingerprint density at radius 2 is 1.93 bits per heavy atom. The number of carbonyl (C=O) groups excluding carboxylic acids is 1. The Labute approximate surface area is 91.5 Å². The molecule has 82 valence electrons. The lowest BCUT2D eigenvalue weighted by Crippen LogP contribution is -2.23. The molecule has 15 heavy (non-hydrogen) atoms. The first kappa shape index (κ1) is 11.8. The fourth-order valence-corrected chi connectivity index (χ4v) is 1.76. The van der Waals surface area contributed by atoms with E-state index >= 15 is 0 Å². The Hall–Kier alpha value is -1.31. The van der Waals surface area contributed by atoms with E-state index in [0.717, 1.165) is 25.7 Å². The van der Waals surface area contributed by atoms with E-state index in [4.69, 9.17) is 5.73 Å². The normalized spacial score (nSPS) is 12.3. The number of aryl methyl sites for hydroxylation is 1. The Balaban J connectivity index is 2.43. The van der Waals surface area contributed by atoms with Crippen LogP contribution in [0.25, 0.3) is 0 Å². The first-order valence-corrected chi connectivity index (χ1v) is 5.57. The average molecular weight is 205 g/mol. The smallest absolute Gasteiger partial charge is 0.220 e. The van der Waals surface area contributed by atoms with Gasteiger partial charge in [0.25, 0.3) is 0 Å². The van der Waals surface area contributed by atoms with Crippen molar-refractivity contribution in [3.63, 3.8) is 0 Å². The van der Waals surface area contributed by atoms with Gasteiger partial charge in [0.15, 0.2) is 0 Å². The second-order valence-electron chi connectivity index (χ2n) is 3.91. The summed E-state index contributed by atoms with van der Waals surface area (Å²) < 4.78 is 0. The molecular formula is C13H19NO. The molecule has 2 nitrogen and oxygen atoms in total. The highest BCUT2D eigenvalue weighted by Gasteiger charge is 2.13. The van der Waals surface area contributed by atoms with Gasteiger partial charge in [-0.1, -0.05) is 43.7 Å². The van der Waals surface area contributed by atoms with E-state index in [1.165, 1.54) is 5.56 Å². The number of rotatable bonds is 6. The zero-order chi connectivity index (χ0) is 11.1. The molecule has 0 aromatic heterocycles. The van der Waals surface area contributed by atoms with Crippen molar-refractivity contribution in [3.8, 4) is 0 Å². The van der Waals surface area contributed by atoms with Crippen molar-refractivity contribution in [1.29, 1.82) is 0 Å². The molecule has 0 saturated heterocycles. The molecular weight excluding hydrogens is 186 g/mol. The zero-order valence-electron chi connectivity index (χ0n) is 9.28. The van der Waals surface area contributed by atoms with Crippen LogP contribution in [-0.2, 0) is 11.2 Å². The number of benzene rings is 1. The Morgan fingerprint density at radius 1 is 1.27 bits per heavy atom. The number of primary amides is 1. The van der Waals surface area contributed by atoms with Gasteiger partial charge in [0.2, 0.25) is 5.91 Å². The second kappa shape index (κ2) is 6.23. The first-order chi connectivity index (χ1) is 7.24. The van der Waals surface area contributed by atoms with Crippen LogP contribution in [0.2, 0.25) is 0 Å². The summed E-state index contributed by atoms with van der Waals surface area (Å²) in [6.07, 6.45) is 3.73. The molecule has 0 heterocycles. The van der Waals surface area contributed by atoms with Crippen molar-refractivity contribution in [1.82, 2.24) is 0 Å². The van der Waals surface area contributed by atoms with Crippen LogP contribution < -0.4 is 5.73 Å². The SMILES string of the molecule is CCC[C@@H](CCc1ccccc1)C(N)=O. The average Bonchev–Trinajstić information content (AvgIpc) is 2.25. The van der Waals surface area contributed by atoms with Crippen LogP contribution in [0, 0.1) is 5.92 Å². The van der Waals surface area contributed by atoms with Crippen molar-refractivity contribution in [3.05, 3.63) is 35.9 Å². The Bertz CT molecular complexity index is 295. The van der Waals surface area contributed by atoms with Gasteiger partial charge >= 0.3 is 0 Å². The number of carbonyl (C=O) groups is 1. The minimum atomic E-state index is -0.159. The molecule has 1 amide bonds. The van der Waals surface area contributed by atoms with E-state index in [9.17, 15) is 4.79 Å². The van der Waals surface area contributed by atoms with Crippen molar-refractivity contribution in [2.24, 2.45) is 11.7 Å². The van der Waals surface area contributed by atoms with Crippen LogP contribution in [0.5, 0.6) is 0 Å². The molecule has 0 aliphatic carbocycles. The first-order valence-electron chi connectivity index (χ1n) is 5.57. The maximum atomic E-state index is 11.1. The summed E-state index contributed by atoms with van der Waals surface area (Å²) in [5.41, 5.74) is 6.63. The van der Waals surface area contributed by atoms with Crippen LogP contribution in [0.1, 0.15) is 31.7 Å². The lowest BCUT2D eigenvalue weighted by molar-refractivity contribution is -0.122. The molecule has 0 aliphatic rings. The summed E-state index contributed by atoms with van der Waals surface area (Å²) >= 11 is 0. The number of amides is 1. The molecule has 0 aliphatic heterocycles. The van der Waals surface area contributed by atoms with Gasteiger partial charge in [-0.15, -0.1) is 0 Å². The minimum Gasteiger partial charge on any atom is -0.369 e. The molecule has 0 unspecified atom stereocenters. The van der Waals surface area contributed by atoms with E-state index < -0.39 is 0 Å². The molecule has 1 rings (SSSR count). The van der Waals surface area contributed by atoms with Gasteiger partial charge in [-0.2, -0.15) is 0 Å². The highest BCUT2D eigenvalue weighted by atomic mass is 16.1. The van der Waals surface area contributed by atoms with E-state index in [0.29, 0.717) is 0 Å². The molecule has 0 spiro atoms. The summed E-state index contributed by atoms with van der Waals surface area (Å²) in [5, 5.41) is 0. The van der Waals surface area contributed by atoms with Gasteiger partial charge in [0.05, 0.1) is 0 Å². The van der Waals surface area contributed by atoms with Gasteiger partial charge in [0, 0.05) is 5.92 Å². The summed E-state index contributed by atoms with van der Waals surface area (Å²) in [7, 11) is 0. The molecule has 0 fully saturated rings. The number of hydrogen-bond acceptors (Lipinski definition) is 1. The largest absolute Gasteiger partial charge is 0.369 e. The van der Waals surface area contributed by atoms with Crippen molar-refractivity contribution >= 4 is 5.91 Å². The standard InChI is InChI=1S/C13H19NO/c1-2-6-12(13(14)15)10-9-11-7-4-3-5-8-11/h3-5,7-8,12H,2,6,9-10H2,1H3,(H2,14,15)/t12-/m0/s1. The zero-order valence-corrected chi connectivity index (χ0v) is 9.28. The molecule has 0 radical (unpaired) electrons. The van der Waals surface area contributed by atoms with Crippen LogP contribution in [-0.4, -0.2) is 5.91 Å². The molecule has 1 aromatic rings. The summed E-state index contributed by atoms with van der Waals surface area (Å²) in [6, 6.07) is 10.2. The molecule has 1 aromatic carbocycles. The number of hydrogen-bond donors (Lipinski definition) is 1. The number of nitrogens with two attached hydrogens (primary N) is 1. The maximum Gasteiger partial charge on any atom is 0.220 e. The molecule has 1 atom stereocenters. The molecule has 0 bridgehead atoms. The Morgan fingerprint density at radius 3 is 2.47 bits per heavy atom. The lowest BCUT2D eigenvalue weighted by atomic mass is 9.95. The molecule has 2 heteroatoms. The van der Waals surface area contributed by atoms with E-state index in [-0.39, 0.29) is 11.8 Å². The second-order valence-corrected chi connectivity index (χ2v) is 3.91. The van der Waals surface area contributed by atoms with Gasteiger partial charge in [-0.3, -0.25) is 4.79 Å². The van der Waals surface area contributed by atoms with E-state index in [1.807, 2.05) is 18.2 Å². The summed E-state index contributed by atoms with van der Waals surface area (Å²) in [6.45, 7) is 2.08. The third kappa shape index (κ3) is 4.15. The van der Waals surface area contributed by atoms with Gasteiger partial charge in [0.1, 0.15) is 0 Å². The maximum absolute atomic E-state index is 11.1. The third-order valence-electron chi connectivity index (χ3n) is 2.66. The van der Waals surface area contributed by atoms with Crippen LogP contribution in [0.3, 0.4) is 0 Å². The highest BCUT2D eigenvalue weighted by Crippen LogP contribution is 2.14. The van der Waals surface area contributed by atoms with Gasteiger partial charge in [-0.05, 0) is 24.8 Å². The van der Waals surface area contributed by atoms with Gasteiger partial charge in [-0.25, -0.2) is 0 Å². The van der Waals surface area contributed by atoms with E-state index in [1.54, 1.807) is 0 Å². The fourth-order valence-electron chi connectivity index (χ4n) is 1.76. The summed E-state index contributed by atoms with van der Waals surface area (Å²) in [4.78, 5) is 11.1. The van der Waals surface area contributed by atoms with E-state index in [2.05, 4.69) is 19.1 Å². The third-order valence-corrected chi connectivity index (χ3v) is 2.66. The highest BCUT2D eigenvalue weighted by molar-refractivity contribution is 5.76. The predicted molar refractivity (Wildman–Crippen MR) is 62.4 cm³/mol. The molecule has 2 N–H and O–H groups in total. The van der Waals surface area contributed by atoms with Crippen LogP contribution >= 0.6 is 0 Å².